The fourth-order valence-electron chi connectivity index (χ4n) is 7.21. The van der Waals surface area contributed by atoms with Gasteiger partial charge in [0.05, 0.1) is 0 Å². The van der Waals surface area contributed by atoms with Crippen molar-refractivity contribution < 1.29 is 0 Å². The minimum Gasteiger partial charge on any atom is -0.208 e. The van der Waals surface area contributed by atoms with Crippen molar-refractivity contribution >= 4 is 53.1 Å². The minimum atomic E-state index is 0.657. The second-order valence-corrected chi connectivity index (χ2v) is 13.9. The van der Waals surface area contributed by atoms with Gasteiger partial charge in [-0.3, -0.25) is 0 Å². The first-order valence-electron chi connectivity index (χ1n) is 17.1. The Morgan fingerprint density at radius 1 is 0.314 bits per heavy atom. The molecule has 238 valence electrons. The number of hydrogen-bond donors (Lipinski definition) is 0. The van der Waals surface area contributed by atoms with Gasteiger partial charge in [-0.25, -0.2) is 15.0 Å². The lowest BCUT2D eigenvalue weighted by atomic mass is 9.94. The molecule has 2 heterocycles. The van der Waals surface area contributed by atoms with Crippen LogP contribution < -0.4 is 0 Å². The van der Waals surface area contributed by atoms with E-state index in [-0.39, 0.29) is 0 Å². The largest absolute Gasteiger partial charge is 0.208 e. The van der Waals surface area contributed by atoms with E-state index in [0.717, 1.165) is 22.1 Å². The second-order valence-electron chi connectivity index (χ2n) is 12.8. The normalized spacial score (nSPS) is 11.5. The highest BCUT2D eigenvalue weighted by molar-refractivity contribution is 7.25. The zero-order chi connectivity index (χ0) is 33.7. The van der Waals surface area contributed by atoms with Crippen LogP contribution in [0.25, 0.3) is 98.1 Å². The zero-order valence-electron chi connectivity index (χ0n) is 27.5. The van der Waals surface area contributed by atoms with E-state index in [1.807, 2.05) is 18.2 Å². The van der Waals surface area contributed by atoms with E-state index >= 15 is 0 Å². The van der Waals surface area contributed by atoms with Crippen LogP contribution in [0.1, 0.15) is 0 Å². The van der Waals surface area contributed by atoms with Crippen LogP contribution >= 0.6 is 11.3 Å². The van der Waals surface area contributed by atoms with E-state index < -0.39 is 0 Å². The van der Waals surface area contributed by atoms with Crippen molar-refractivity contribution in [2.75, 3.05) is 0 Å². The first-order chi connectivity index (χ1) is 25.2. The third-order valence-electron chi connectivity index (χ3n) is 9.71. The zero-order valence-corrected chi connectivity index (χ0v) is 28.3. The highest BCUT2D eigenvalue weighted by Crippen LogP contribution is 2.40. The molecule has 0 aliphatic carbocycles. The predicted octanol–water partition coefficient (Wildman–Crippen LogP) is 12.9. The molecule has 3 nitrogen and oxygen atoms in total. The molecule has 0 unspecified atom stereocenters. The fraction of sp³-hybridized carbons (Fsp3) is 0. The number of aromatic nitrogens is 3. The van der Waals surface area contributed by atoms with E-state index in [1.165, 1.54) is 58.6 Å². The molecule has 0 saturated heterocycles. The molecule has 10 aromatic rings. The molecule has 0 saturated carbocycles. The Bertz CT molecular complexity index is 2920. The van der Waals surface area contributed by atoms with Gasteiger partial charge in [-0.05, 0) is 74.1 Å². The van der Waals surface area contributed by atoms with Crippen LogP contribution in [0.4, 0.5) is 0 Å². The second kappa shape index (κ2) is 12.1. The maximum Gasteiger partial charge on any atom is 0.164 e. The van der Waals surface area contributed by atoms with Crippen molar-refractivity contribution in [2.45, 2.75) is 0 Å². The number of thiophene rings is 1. The van der Waals surface area contributed by atoms with Gasteiger partial charge in [0, 0.05) is 36.9 Å². The summed E-state index contributed by atoms with van der Waals surface area (Å²) in [5.74, 6) is 1.99. The molecule has 0 spiro atoms. The lowest BCUT2D eigenvalue weighted by Crippen LogP contribution is -2.00. The van der Waals surface area contributed by atoms with Gasteiger partial charge in [-0.2, -0.15) is 0 Å². The first kappa shape index (κ1) is 29.4. The van der Waals surface area contributed by atoms with Gasteiger partial charge in [-0.1, -0.05) is 146 Å². The molecule has 0 aliphatic heterocycles. The van der Waals surface area contributed by atoms with Gasteiger partial charge < -0.3 is 0 Å². The summed E-state index contributed by atoms with van der Waals surface area (Å²) in [4.78, 5) is 15.3. The molecule has 2 aromatic heterocycles. The highest BCUT2D eigenvalue weighted by atomic mass is 32.1. The number of rotatable bonds is 5. The van der Waals surface area contributed by atoms with Gasteiger partial charge in [0.2, 0.25) is 0 Å². The average Bonchev–Trinajstić information content (AvgIpc) is 3.59. The summed E-state index contributed by atoms with van der Waals surface area (Å²) >= 11 is 1.80. The molecule has 0 N–H and O–H groups in total. The maximum absolute atomic E-state index is 5.15. The number of benzene rings is 8. The molecular weight excluding hydrogens is 639 g/mol. The van der Waals surface area contributed by atoms with Gasteiger partial charge in [0.15, 0.2) is 17.5 Å². The van der Waals surface area contributed by atoms with Crippen molar-refractivity contribution in [3.05, 3.63) is 176 Å². The van der Waals surface area contributed by atoms with Gasteiger partial charge >= 0.3 is 0 Å². The number of nitrogens with zero attached hydrogens (tertiary/aromatic N) is 3. The van der Waals surface area contributed by atoms with Crippen LogP contribution in [0.3, 0.4) is 0 Å². The van der Waals surface area contributed by atoms with Crippen LogP contribution in [0.15, 0.2) is 176 Å². The lowest BCUT2D eigenvalue weighted by molar-refractivity contribution is 1.08. The van der Waals surface area contributed by atoms with E-state index in [2.05, 4.69) is 158 Å². The maximum atomic E-state index is 5.15. The standard InChI is InChI=1S/C47H29N3S/c1-2-12-31(13-3-1)45-48-46(50-47(49-45)41-20-10-22-43-44(41)40-18-6-7-21-42(40)51-43)37-26-25-34-27-33(23-24-35(34)29-37)32-15-8-16-36(28-32)39-19-9-14-30-11-4-5-17-38(30)39/h1-29H. The van der Waals surface area contributed by atoms with Gasteiger partial charge in [0.1, 0.15) is 0 Å². The van der Waals surface area contributed by atoms with E-state index in [1.54, 1.807) is 11.3 Å². The molecule has 0 aliphatic rings. The minimum absolute atomic E-state index is 0.657. The van der Waals surface area contributed by atoms with Crippen molar-refractivity contribution in [3.8, 4) is 56.4 Å². The highest BCUT2D eigenvalue weighted by Gasteiger charge is 2.17. The monoisotopic (exact) mass is 667 g/mol. The molecule has 4 heteroatoms. The van der Waals surface area contributed by atoms with E-state index in [4.69, 9.17) is 15.0 Å². The molecule has 0 radical (unpaired) electrons. The van der Waals surface area contributed by atoms with Gasteiger partial charge in [-0.15, -0.1) is 11.3 Å². The molecule has 0 bridgehead atoms. The van der Waals surface area contributed by atoms with Crippen LogP contribution in [0, 0.1) is 0 Å². The average molecular weight is 668 g/mol. The molecule has 10 rings (SSSR count). The van der Waals surface area contributed by atoms with Gasteiger partial charge in [0.25, 0.3) is 0 Å². The molecule has 8 aromatic carbocycles. The molecular formula is C47H29N3S. The summed E-state index contributed by atoms with van der Waals surface area (Å²) in [6, 6.07) is 62.3. The molecule has 0 atom stereocenters. The van der Waals surface area contributed by atoms with Crippen LogP contribution in [0.2, 0.25) is 0 Å². The fourth-order valence-corrected chi connectivity index (χ4v) is 8.34. The third kappa shape index (κ3) is 5.25. The smallest absolute Gasteiger partial charge is 0.164 e. The van der Waals surface area contributed by atoms with Crippen molar-refractivity contribution in [1.29, 1.82) is 0 Å². The summed E-state index contributed by atoms with van der Waals surface area (Å²) in [6.07, 6.45) is 0. The van der Waals surface area contributed by atoms with Crippen LogP contribution in [-0.4, -0.2) is 15.0 Å². The summed E-state index contributed by atoms with van der Waals surface area (Å²) in [7, 11) is 0. The number of fused-ring (bicyclic) bond motifs is 5. The van der Waals surface area contributed by atoms with E-state index in [0.29, 0.717) is 17.5 Å². The molecule has 0 amide bonds. The number of hydrogen-bond acceptors (Lipinski definition) is 4. The molecule has 0 fully saturated rings. The van der Waals surface area contributed by atoms with E-state index in [9.17, 15) is 0 Å². The summed E-state index contributed by atoms with van der Waals surface area (Å²) in [5.41, 5.74) is 7.76. The Kier molecular flexibility index (Phi) is 7.00. The van der Waals surface area contributed by atoms with Crippen molar-refractivity contribution in [2.24, 2.45) is 0 Å². The van der Waals surface area contributed by atoms with Crippen molar-refractivity contribution in [3.63, 3.8) is 0 Å². The lowest BCUT2D eigenvalue weighted by Gasteiger charge is -2.11. The Morgan fingerprint density at radius 3 is 1.76 bits per heavy atom. The quantitative estimate of drug-likeness (QED) is 0.183. The summed E-state index contributed by atoms with van der Waals surface area (Å²) < 4.78 is 2.48. The Labute approximate surface area is 299 Å². The Morgan fingerprint density at radius 2 is 0.882 bits per heavy atom. The first-order valence-corrected chi connectivity index (χ1v) is 17.9. The summed E-state index contributed by atoms with van der Waals surface area (Å²) in [6.45, 7) is 0. The SMILES string of the molecule is c1ccc(-c2nc(-c3ccc4cc(-c5cccc(-c6cccc7ccccc67)c5)ccc4c3)nc(-c3cccc4sc5ccccc5c34)n2)cc1. The topological polar surface area (TPSA) is 38.7 Å². The Balaban J connectivity index is 1.07. The predicted molar refractivity (Wildman–Crippen MR) is 215 cm³/mol. The third-order valence-corrected chi connectivity index (χ3v) is 10.8. The Hall–Kier alpha value is -6.49. The molecule has 51 heavy (non-hydrogen) atoms. The van der Waals surface area contributed by atoms with Crippen molar-refractivity contribution in [1.82, 2.24) is 15.0 Å². The van der Waals surface area contributed by atoms with Crippen LogP contribution in [0.5, 0.6) is 0 Å². The summed E-state index contributed by atoms with van der Waals surface area (Å²) in [5, 5.41) is 7.22. The van der Waals surface area contributed by atoms with Crippen LogP contribution in [-0.2, 0) is 0 Å².